The van der Waals surface area contributed by atoms with Crippen molar-refractivity contribution in [3.05, 3.63) is 35.4 Å². The minimum absolute atomic E-state index is 0.101. The summed E-state index contributed by atoms with van der Waals surface area (Å²) in [7, 11) is 0. The van der Waals surface area contributed by atoms with Crippen molar-refractivity contribution in [3.63, 3.8) is 0 Å². The van der Waals surface area contributed by atoms with E-state index in [0.29, 0.717) is 6.54 Å². The standard InChI is InChI=1S/C17H22F3NO/c1-16(2,3)15(22)21-10-4-5-13(11-21)12-6-8-14(9-7-12)17(18,19)20/h6-9,13H,4-5,10-11H2,1-3H3. The summed E-state index contributed by atoms with van der Waals surface area (Å²) in [6.07, 6.45) is -2.52. The van der Waals surface area contributed by atoms with E-state index in [-0.39, 0.29) is 11.8 Å². The number of nitrogens with zero attached hydrogens (tertiary/aromatic N) is 1. The van der Waals surface area contributed by atoms with Crippen LogP contribution >= 0.6 is 0 Å². The number of piperidine rings is 1. The second-order valence-corrected chi connectivity index (χ2v) is 6.96. The van der Waals surface area contributed by atoms with Gasteiger partial charge in [0.15, 0.2) is 0 Å². The van der Waals surface area contributed by atoms with Crippen LogP contribution in [-0.4, -0.2) is 23.9 Å². The number of rotatable bonds is 1. The summed E-state index contributed by atoms with van der Waals surface area (Å²) in [5, 5.41) is 0. The average Bonchev–Trinajstić information content (AvgIpc) is 2.45. The number of likely N-dealkylation sites (tertiary alicyclic amines) is 1. The molecule has 0 N–H and O–H groups in total. The van der Waals surface area contributed by atoms with Gasteiger partial charge in [0.25, 0.3) is 0 Å². The third-order valence-electron chi connectivity index (χ3n) is 4.06. The summed E-state index contributed by atoms with van der Waals surface area (Å²) in [4.78, 5) is 14.2. The first-order valence-electron chi connectivity index (χ1n) is 7.55. The topological polar surface area (TPSA) is 20.3 Å². The molecule has 0 spiro atoms. The van der Waals surface area contributed by atoms with Crippen LogP contribution in [-0.2, 0) is 11.0 Å². The fraction of sp³-hybridized carbons (Fsp3) is 0.588. The van der Waals surface area contributed by atoms with Gasteiger partial charge in [0.05, 0.1) is 5.56 Å². The lowest BCUT2D eigenvalue weighted by Gasteiger charge is -2.36. The molecule has 0 aliphatic carbocycles. The number of benzene rings is 1. The zero-order chi connectivity index (χ0) is 16.5. The number of carbonyl (C=O) groups is 1. The molecule has 5 heteroatoms. The predicted octanol–water partition coefficient (Wildman–Crippen LogP) is 4.46. The first-order valence-corrected chi connectivity index (χ1v) is 7.55. The van der Waals surface area contributed by atoms with Crippen LogP contribution in [0.1, 0.15) is 50.7 Å². The second-order valence-electron chi connectivity index (χ2n) is 6.96. The smallest absolute Gasteiger partial charge is 0.342 e. The highest BCUT2D eigenvalue weighted by atomic mass is 19.4. The summed E-state index contributed by atoms with van der Waals surface area (Å²) in [6, 6.07) is 5.33. The summed E-state index contributed by atoms with van der Waals surface area (Å²) in [5.74, 6) is 0.214. The van der Waals surface area contributed by atoms with Crippen LogP contribution in [0.4, 0.5) is 13.2 Å². The number of carbonyl (C=O) groups excluding carboxylic acids is 1. The van der Waals surface area contributed by atoms with Gasteiger partial charge < -0.3 is 4.90 Å². The maximum Gasteiger partial charge on any atom is 0.416 e. The Morgan fingerprint density at radius 1 is 1.14 bits per heavy atom. The van der Waals surface area contributed by atoms with Crippen LogP contribution in [0.2, 0.25) is 0 Å². The van der Waals surface area contributed by atoms with Crippen molar-refractivity contribution < 1.29 is 18.0 Å². The van der Waals surface area contributed by atoms with Crippen molar-refractivity contribution in [2.24, 2.45) is 5.41 Å². The van der Waals surface area contributed by atoms with E-state index >= 15 is 0 Å². The molecule has 0 saturated carbocycles. The molecule has 1 atom stereocenters. The second kappa shape index (κ2) is 5.94. The van der Waals surface area contributed by atoms with Gasteiger partial charge in [-0.1, -0.05) is 32.9 Å². The van der Waals surface area contributed by atoms with Gasteiger partial charge in [0, 0.05) is 24.4 Å². The molecule has 22 heavy (non-hydrogen) atoms. The van der Waals surface area contributed by atoms with Gasteiger partial charge in [-0.2, -0.15) is 13.2 Å². The third-order valence-corrected chi connectivity index (χ3v) is 4.06. The SMILES string of the molecule is CC(C)(C)C(=O)N1CCCC(c2ccc(C(F)(F)F)cc2)C1. The Balaban J connectivity index is 2.11. The van der Waals surface area contributed by atoms with Crippen LogP contribution in [0, 0.1) is 5.41 Å². The molecule has 1 aliphatic heterocycles. The molecule has 2 nitrogen and oxygen atoms in total. The Labute approximate surface area is 129 Å². The average molecular weight is 313 g/mol. The molecule has 1 amide bonds. The minimum atomic E-state index is -4.31. The maximum absolute atomic E-state index is 12.6. The Morgan fingerprint density at radius 3 is 2.23 bits per heavy atom. The maximum atomic E-state index is 12.6. The summed E-state index contributed by atoms with van der Waals surface area (Å²) in [5.41, 5.74) is -0.184. The Hall–Kier alpha value is -1.52. The van der Waals surface area contributed by atoms with E-state index in [1.807, 2.05) is 25.7 Å². The zero-order valence-electron chi connectivity index (χ0n) is 13.2. The molecule has 122 valence electrons. The molecule has 1 saturated heterocycles. The predicted molar refractivity (Wildman–Crippen MR) is 79.5 cm³/mol. The molecule has 1 aromatic carbocycles. The highest BCUT2D eigenvalue weighted by molar-refractivity contribution is 5.81. The van der Waals surface area contributed by atoms with Gasteiger partial charge in [-0.3, -0.25) is 4.79 Å². The van der Waals surface area contributed by atoms with Gasteiger partial charge in [0.1, 0.15) is 0 Å². The van der Waals surface area contributed by atoms with Crippen molar-refractivity contribution >= 4 is 5.91 Å². The molecule has 0 aromatic heterocycles. The van der Waals surface area contributed by atoms with E-state index in [2.05, 4.69) is 0 Å². The van der Waals surface area contributed by atoms with E-state index in [0.717, 1.165) is 37.1 Å². The number of alkyl halides is 3. The van der Waals surface area contributed by atoms with E-state index in [9.17, 15) is 18.0 Å². The monoisotopic (exact) mass is 313 g/mol. The summed E-state index contributed by atoms with van der Waals surface area (Å²) in [6.45, 7) is 6.97. The van der Waals surface area contributed by atoms with E-state index in [1.54, 1.807) is 12.1 Å². The van der Waals surface area contributed by atoms with Crippen molar-refractivity contribution in [2.45, 2.75) is 45.7 Å². The van der Waals surface area contributed by atoms with Gasteiger partial charge in [-0.05, 0) is 30.5 Å². The molecule has 0 bridgehead atoms. The normalized spacial score (nSPS) is 20.1. The third kappa shape index (κ3) is 3.81. The summed E-state index contributed by atoms with van der Waals surface area (Å²) >= 11 is 0. The Kier molecular flexibility index (Phi) is 4.54. The Morgan fingerprint density at radius 2 is 1.73 bits per heavy atom. The molecule has 1 heterocycles. The van der Waals surface area contributed by atoms with Crippen molar-refractivity contribution in [2.75, 3.05) is 13.1 Å². The van der Waals surface area contributed by atoms with Gasteiger partial charge in [0.2, 0.25) is 5.91 Å². The van der Waals surface area contributed by atoms with Crippen LogP contribution in [0.25, 0.3) is 0 Å². The first-order chi connectivity index (χ1) is 10.1. The molecule has 2 rings (SSSR count). The van der Waals surface area contributed by atoms with Gasteiger partial charge in [-0.15, -0.1) is 0 Å². The quantitative estimate of drug-likeness (QED) is 0.749. The zero-order valence-corrected chi connectivity index (χ0v) is 13.2. The van der Waals surface area contributed by atoms with Gasteiger partial charge in [-0.25, -0.2) is 0 Å². The van der Waals surface area contributed by atoms with Crippen molar-refractivity contribution in [3.8, 4) is 0 Å². The number of hydrogen-bond donors (Lipinski definition) is 0. The first kappa shape index (κ1) is 16.8. The van der Waals surface area contributed by atoms with Crippen LogP contribution in [0.3, 0.4) is 0 Å². The highest BCUT2D eigenvalue weighted by Crippen LogP contribution is 2.33. The Bertz CT molecular complexity index is 528. The molecule has 1 unspecified atom stereocenters. The minimum Gasteiger partial charge on any atom is -0.342 e. The lowest BCUT2D eigenvalue weighted by molar-refractivity contribution is -0.140. The summed E-state index contributed by atoms with van der Waals surface area (Å²) < 4.78 is 37.8. The van der Waals surface area contributed by atoms with E-state index in [4.69, 9.17) is 0 Å². The molecule has 1 aromatic rings. The van der Waals surface area contributed by atoms with Crippen molar-refractivity contribution in [1.82, 2.24) is 4.90 Å². The molecular formula is C17H22F3NO. The fourth-order valence-electron chi connectivity index (χ4n) is 2.85. The molecule has 0 radical (unpaired) electrons. The molecular weight excluding hydrogens is 291 g/mol. The number of amides is 1. The lowest BCUT2D eigenvalue weighted by Crippen LogP contribution is -2.44. The van der Waals surface area contributed by atoms with Crippen LogP contribution in [0.15, 0.2) is 24.3 Å². The van der Waals surface area contributed by atoms with Gasteiger partial charge >= 0.3 is 6.18 Å². The number of hydrogen-bond acceptors (Lipinski definition) is 1. The van der Waals surface area contributed by atoms with E-state index < -0.39 is 17.2 Å². The van der Waals surface area contributed by atoms with Crippen LogP contribution in [0.5, 0.6) is 0 Å². The fourth-order valence-corrected chi connectivity index (χ4v) is 2.85. The highest BCUT2D eigenvalue weighted by Gasteiger charge is 2.33. The van der Waals surface area contributed by atoms with Crippen molar-refractivity contribution in [1.29, 1.82) is 0 Å². The van der Waals surface area contributed by atoms with E-state index in [1.165, 1.54) is 0 Å². The molecule has 1 fully saturated rings. The number of halogens is 3. The van der Waals surface area contributed by atoms with Crippen LogP contribution < -0.4 is 0 Å². The lowest BCUT2D eigenvalue weighted by atomic mass is 9.87. The molecule has 1 aliphatic rings. The largest absolute Gasteiger partial charge is 0.416 e.